The van der Waals surface area contributed by atoms with E-state index in [0.717, 1.165) is 0 Å². The summed E-state index contributed by atoms with van der Waals surface area (Å²) in [6, 6.07) is 4.09. The Balaban J connectivity index is 0. The number of ether oxygens (including phenoxy) is 2. The van der Waals surface area contributed by atoms with Crippen molar-refractivity contribution in [3.8, 4) is 5.75 Å². The van der Waals surface area contributed by atoms with Gasteiger partial charge in [-0.15, -0.1) is 0 Å². The van der Waals surface area contributed by atoms with Crippen LogP contribution in [0.3, 0.4) is 0 Å². The molecule has 0 saturated heterocycles. The van der Waals surface area contributed by atoms with Crippen molar-refractivity contribution >= 4 is 21.7 Å². The van der Waals surface area contributed by atoms with Gasteiger partial charge in [0.25, 0.3) is 10.1 Å². The van der Waals surface area contributed by atoms with Crippen molar-refractivity contribution in [2.45, 2.75) is 4.90 Å². The number of hydrogen-bond donors (Lipinski definition) is 1. The molecule has 17 heavy (non-hydrogen) atoms. The van der Waals surface area contributed by atoms with Crippen LogP contribution in [0.5, 0.6) is 5.75 Å². The number of rotatable bonds is 5. The number of hydrogen-bond acceptors (Lipinski definition) is 4. The number of para-hydroxylation sites is 1. The van der Waals surface area contributed by atoms with Gasteiger partial charge in [0.1, 0.15) is 11.5 Å². The summed E-state index contributed by atoms with van der Waals surface area (Å²) < 4.78 is 40.9. The van der Waals surface area contributed by atoms with Crippen molar-refractivity contribution in [3.05, 3.63) is 23.2 Å². The molecule has 8 heteroatoms. The van der Waals surface area contributed by atoms with E-state index in [1.807, 2.05) is 0 Å². The van der Waals surface area contributed by atoms with E-state index >= 15 is 0 Å². The summed E-state index contributed by atoms with van der Waals surface area (Å²) in [6.07, 6.45) is 0. The zero-order valence-corrected chi connectivity index (χ0v) is 13.1. The summed E-state index contributed by atoms with van der Waals surface area (Å²) >= 11 is 5.77. The maximum absolute atomic E-state index is 11.0. The SMILES string of the molecule is COCCOc1c(Cl)cccc1S(=O)(=O)O.[H-].[Na+]. The van der Waals surface area contributed by atoms with Crippen LogP contribution in [0.15, 0.2) is 23.1 Å². The molecule has 1 aromatic carbocycles. The van der Waals surface area contributed by atoms with Gasteiger partial charge in [-0.2, -0.15) is 8.42 Å². The Kier molecular flexibility index (Phi) is 7.66. The second-order valence-electron chi connectivity index (χ2n) is 2.88. The molecule has 0 unspecified atom stereocenters. The number of methoxy groups -OCH3 is 1. The van der Waals surface area contributed by atoms with Gasteiger partial charge in [-0.1, -0.05) is 17.7 Å². The smallest absolute Gasteiger partial charge is 1.00 e. The Morgan fingerprint density at radius 2 is 2.06 bits per heavy atom. The molecule has 1 rings (SSSR count). The zero-order valence-electron chi connectivity index (χ0n) is 10.5. The van der Waals surface area contributed by atoms with Gasteiger partial charge >= 0.3 is 29.6 Å². The Hall–Kier alpha value is 0.180. The van der Waals surface area contributed by atoms with E-state index in [9.17, 15) is 8.42 Å². The minimum atomic E-state index is -4.34. The summed E-state index contributed by atoms with van der Waals surface area (Å²) in [4.78, 5) is -0.351. The molecule has 1 aromatic rings. The van der Waals surface area contributed by atoms with Gasteiger partial charge in [0.15, 0.2) is 5.75 Å². The summed E-state index contributed by atoms with van der Waals surface area (Å²) in [5.41, 5.74) is 0. The molecule has 0 heterocycles. The van der Waals surface area contributed by atoms with E-state index in [2.05, 4.69) is 0 Å². The Labute approximate surface area is 129 Å². The van der Waals surface area contributed by atoms with E-state index < -0.39 is 10.1 Å². The first-order valence-corrected chi connectivity index (χ1v) is 6.16. The number of benzene rings is 1. The van der Waals surface area contributed by atoms with Crippen LogP contribution >= 0.6 is 11.6 Å². The van der Waals surface area contributed by atoms with Gasteiger partial charge in [0.2, 0.25) is 0 Å². The molecule has 0 radical (unpaired) electrons. The molecular formula is C9H12ClNaO5S. The molecule has 0 amide bonds. The first kappa shape index (κ1) is 17.2. The third-order valence-corrected chi connectivity index (χ3v) is 2.92. The van der Waals surface area contributed by atoms with Gasteiger partial charge in [-0.25, -0.2) is 0 Å². The third kappa shape index (κ3) is 5.13. The van der Waals surface area contributed by atoms with E-state index in [4.69, 9.17) is 25.6 Å². The molecule has 0 fully saturated rings. The molecule has 0 atom stereocenters. The van der Waals surface area contributed by atoms with Gasteiger partial charge in [-0.05, 0) is 12.1 Å². The molecule has 0 saturated carbocycles. The van der Waals surface area contributed by atoms with Crippen molar-refractivity contribution in [2.24, 2.45) is 0 Å². The average Bonchev–Trinajstić information content (AvgIpc) is 2.19. The van der Waals surface area contributed by atoms with E-state index in [0.29, 0.717) is 0 Å². The minimum Gasteiger partial charge on any atom is -1.00 e. The minimum absolute atomic E-state index is 0. The third-order valence-electron chi connectivity index (χ3n) is 1.74. The first-order valence-electron chi connectivity index (χ1n) is 4.34. The van der Waals surface area contributed by atoms with Gasteiger partial charge < -0.3 is 10.9 Å². The predicted molar refractivity (Wildman–Crippen MR) is 59.7 cm³/mol. The van der Waals surface area contributed by atoms with E-state index in [1.165, 1.54) is 25.3 Å². The van der Waals surface area contributed by atoms with Crippen LogP contribution in [-0.4, -0.2) is 33.3 Å². The predicted octanol–water partition coefficient (Wildman–Crippen LogP) is -1.27. The molecule has 5 nitrogen and oxygen atoms in total. The summed E-state index contributed by atoms with van der Waals surface area (Å²) in [7, 11) is -2.86. The summed E-state index contributed by atoms with van der Waals surface area (Å²) in [5.74, 6) is -0.0660. The second-order valence-corrected chi connectivity index (χ2v) is 4.68. The van der Waals surface area contributed by atoms with Crippen LogP contribution in [0.25, 0.3) is 0 Å². The van der Waals surface area contributed by atoms with Crippen molar-refractivity contribution in [3.63, 3.8) is 0 Å². The topological polar surface area (TPSA) is 72.8 Å². The van der Waals surface area contributed by atoms with E-state index in [-0.39, 0.29) is 59.9 Å². The molecule has 0 aromatic heterocycles. The van der Waals surface area contributed by atoms with Gasteiger partial charge in [0, 0.05) is 7.11 Å². The largest absolute Gasteiger partial charge is 1.00 e. The molecule has 0 aliphatic carbocycles. The zero-order chi connectivity index (χ0) is 12.2. The standard InChI is InChI=1S/C9H11ClO5S.Na.H/c1-14-5-6-15-9-7(10)3-2-4-8(9)16(11,12)13;;/h2-4H,5-6H2,1H3,(H,11,12,13);;/q;+1;-1. The normalized spacial score (nSPS) is 10.8. The molecule has 0 spiro atoms. The van der Waals surface area contributed by atoms with Crippen molar-refractivity contribution < 1.29 is 53.4 Å². The fourth-order valence-electron chi connectivity index (χ4n) is 1.06. The average molecular weight is 291 g/mol. The molecule has 0 aliphatic heterocycles. The summed E-state index contributed by atoms with van der Waals surface area (Å²) in [6.45, 7) is 0.429. The molecule has 0 aliphatic rings. The molecule has 1 N–H and O–H groups in total. The second kappa shape index (κ2) is 7.58. The van der Waals surface area contributed by atoms with Crippen LogP contribution in [0.4, 0.5) is 0 Å². The maximum Gasteiger partial charge on any atom is 1.00 e. The van der Waals surface area contributed by atoms with Crippen LogP contribution in [0.2, 0.25) is 5.02 Å². The quantitative estimate of drug-likeness (QED) is 0.416. The Morgan fingerprint density at radius 1 is 1.41 bits per heavy atom. The van der Waals surface area contributed by atoms with Crippen molar-refractivity contribution in [2.75, 3.05) is 20.3 Å². The monoisotopic (exact) mass is 290 g/mol. The van der Waals surface area contributed by atoms with Crippen LogP contribution < -0.4 is 34.3 Å². The van der Waals surface area contributed by atoms with Crippen LogP contribution in [-0.2, 0) is 14.9 Å². The Bertz CT molecular complexity index is 468. The molecule has 0 bridgehead atoms. The van der Waals surface area contributed by atoms with Gasteiger partial charge in [-0.3, -0.25) is 4.55 Å². The van der Waals surface area contributed by atoms with E-state index in [1.54, 1.807) is 0 Å². The fourth-order valence-corrected chi connectivity index (χ4v) is 2.00. The van der Waals surface area contributed by atoms with Crippen molar-refractivity contribution in [1.82, 2.24) is 0 Å². The molecular weight excluding hydrogens is 279 g/mol. The van der Waals surface area contributed by atoms with Crippen molar-refractivity contribution in [1.29, 1.82) is 0 Å². The maximum atomic E-state index is 11.0. The Morgan fingerprint density at radius 3 is 2.59 bits per heavy atom. The first-order chi connectivity index (χ1) is 7.46. The van der Waals surface area contributed by atoms with Crippen LogP contribution in [0.1, 0.15) is 1.43 Å². The van der Waals surface area contributed by atoms with Gasteiger partial charge in [0.05, 0.1) is 11.6 Å². The molecule has 92 valence electrons. The summed E-state index contributed by atoms with van der Waals surface area (Å²) in [5, 5.41) is 0.117. The van der Waals surface area contributed by atoms with Crippen LogP contribution in [0, 0.1) is 0 Å². The number of halogens is 1. The fraction of sp³-hybridized carbons (Fsp3) is 0.333.